The van der Waals surface area contributed by atoms with E-state index in [2.05, 4.69) is 22.2 Å². The molecule has 0 aromatic heterocycles. The van der Waals surface area contributed by atoms with E-state index >= 15 is 0 Å². The van der Waals surface area contributed by atoms with Gasteiger partial charge in [0.2, 0.25) is 0 Å². The van der Waals surface area contributed by atoms with Crippen LogP contribution in [0.2, 0.25) is 5.02 Å². The van der Waals surface area contributed by atoms with E-state index in [1.165, 1.54) is 0 Å². The fraction of sp³-hybridized carbons (Fsp3) is 0.524. The summed E-state index contributed by atoms with van der Waals surface area (Å²) < 4.78 is 5.39. The maximum Gasteiger partial charge on any atom is 0.338 e. The Balaban J connectivity index is 2.05. The van der Waals surface area contributed by atoms with Crippen molar-refractivity contribution in [3.05, 3.63) is 46.1 Å². The van der Waals surface area contributed by atoms with Crippen molar-refractivity contribution >= 4 is 23.6 Å². The zero-order valence-corrected chi connectivity index (χ0v) is 18.0. The molecule has 2 heterocycles. The number of esters is 1. The third-order valence-corrected chi connectivity index (χ3v) is 5.64. The van der Waals surface area contributed by atoms with Crippen molar-refractivity contribution in [3.8, 4) is 0 Å². The minimum atomic E-state index is -0.592. The fourth-order valence-electron chi connectivity index (χ4n) is 3.81. The first-order chi connectivity index (χ1) is 13.9. The van der Waals surface area contributed by atoms with Crippen molar-refractivity contribution < 1.29 is 14.3 Å². The van der Waals surface area contributed by atoms with E-state index in [9.17, 15) is 9.59 Å². The molecule has 1 unspecified atom stereocenters. The Morgan fingerprint density at radius 2 is 1.97 bits per heavy atom. The molecule has 2 aliphatic heterocycles. The van der Waals surface area contributed by atoms with Gasteiger partial charge in [0.05, 0.1) is 18.2 Å². The molecule has 1 aromatic carbocycles. The van der Waals surface area contributed by atoms with Crippen molar-refractivity contribution in [1.82, 2.24) is 20.0 Å². The summed E-state index contributed by atoms with van der Waals surface area (Å²) in [7, 11) is 2.10. The highest BCUT2D eigenvalue weighted by Gasteiger charge is 2.38. The number of urea groups is 1. The summed E-state index contributed by atoms with van der Waals surface area (Å²) >= 11 is 6.18. The lowest BCUT2D eigenvalue weighted by Gasteiger charge is -2.40. The molecule has 8 heteroatoms. The highest BCUT2D eigenvalue weighted by atomic mass is 35.5. The predicted molar refractivity (Wildman–Crippen MR) is 113 cm³/mol. The second-order valence-corrected chi connectivity index (χ2v) is 7.78. The monoisotopic (exact) mass is 420 g/mol. The Kier molecular flexibility index (Phi) is 7.16. The standard InChI is InChI=1S/C21H29ClN4O3/c1-4-26-17(14-25-11-9-24(3)10-12-25)18(20(27)29-5-2)19(23-21(26)28)15-7-6-8-16(22)13-15/h6-8,13,19H,4-5,9-12,14H2,1-3H3,(H,23,28). The highest BCUT2D eigenvalue weighted by molar-refractivity contribution is 6.30. The van der Waals surface area contributed by atoms with Crippen LogP contribution >= 0.6 is 11.6 Å². The van der Waals surface area contributed by atoms with Gasteiger partial charge in [0.1, 0.15) is 0 Å². The number of carbonyl (C=O) groups is 2. The minimum absolute atomic E-state index is 0.213. The van der Waals surface area contributed by atoms with Crippen molar-refractivity contribution in [2.75, 3.05) is 52.9 Å². The molecule has 0 aliphatic carbocycles. The number of nitrogens with zero attached hydrogens (tertiary/aromatic N) is 3. The van der Waals surface area contributed by atoms with Gasteiger partial charge in [-0.15, -0.1) is 0 Å². The second kappa shape index (κ2) is 9.61. The van der Waals surface area contributed by atoms with Crippen LogP contribution < -0.4 is 5.32 Å². The first-order valence-corrected chi connectivity index (χ1v) is 10.5. The smallest absolute Gasteiger partial charge is 0.338 e. The number of hydrogen-bond donors (Lipinski definition) is 1. The highest BCUT2D eigenvalue weighted by Crippen LogP contribution is 2.33. The first-order valence-electron chi connectivity index (χ1n) is 10.1. The molecule has 0 saturated carbocycles. The fourth-order valence-corrected chi connectivity index (χ4v) is 4.01. The molecule has 7 nitrogen and oxygen atoms in total. The normalized spacial score (nSPS) is 21.3. The largest absolute Gasteiger partial charge is 0.463 e. The molecular weight excluding hydrogens is 392 g/mol. The number of carbonyl (C=O) groups excluding carboxylic acids is 2. The third-order valence-electron chi connectivity index (χ3n) is 5.40. The lowest BCUT2D eigenvalue weighted by molar-refractivity contribution is -0.139. The van der Waals surface area contributed by atoms with Gasteiger partial charge >= 0.3 is 12.0 Å². The summed E-state index contributed by atoms with van der Waals surface area (Å²) in [5.74, 6) is -0.403. The molecule has 0 spiro atoms. The predicted octanol–water partition coefficient (Wildman–Crippen LogP) is 2.49. The zero-order chi connectivity index (χ0) is 21.0. The van der Waals surface area contributed by atoms with Crippen LogP contribution in [-0.4, -0.2) is 79.6 Å². The van der Waals surface area contributed by atoms with Crippen LogP contribution in [0.1, 0.15) is 25.5 Å². The quantitative estimate of drug-likeness (QED) is 0.716. The van der Waals surface area contributed by atoms with Crippen molar-refractivity contribution in [2.45, 2.75) is 19.9 Å². The Morgan fingerprint density at radius 1 is 1.24 bits per heavy atom. The summed E-state index contributed by atoms with van der Waals surface area (Å²) in [6.07, 6.45) is 0. The maximum absolute atomic E-state index is 13.0. The number of likely N-dealkylation sites (N-methyl/N-ethyl adjacent to an activating group) is 2. The third kappa shape index (κ3) is 4.91. The summed E-state index contributed by atoms with van der Waals surface area (Å²) in [6, 6.07) is 6.43. The van der Waals surface area contributed by atoms with Crippen LogP contribution in [0.4, 0.5) is 4.79 Å². The SMILES string of the molecule is CCOC(=O)C1=C(CN2CCN(C)CC2)N(CC)C(=O)NC1c1cccc(Cl)c1. The maximum atomic E-state index is 13.0. The molecule has 2 amide bonds. The summed E-state index contributed by atoms with van der Waals surface area (Å²) in [5.41, 5.74) is 1.96. The summed E-state index contributed by atoms with van der Waals surface area (Å²) in [6.45, 7) is 8.65. The van der Waals surface area contributed by atoms with Crippen LogP contribution in [0.5, 0.6) is 0 Å². The molecule has 0 radical (unpaired) electrons. The lowest BCUT2D eigenvalue weighted by atomic mass is 9.94. The van der Waals surface area contributed by atoms with Crippen LogP contribution in [0.25, 0.3) is 0 Å². The van der Waals surface area contributed by atoms with Crippen LogP contribution in [0.3, 0.4) is 0 Å². The molecule has 1 N–H and O–H groups in total. The van der Waals surface area contributed by atoms with E-state index in [0.29, 0.717) is 29.4 Å². The number of amides is 2. The lowest BCUT2D eigenvalue weighted by Crippen LogP contribution is -2.52. The molecule has 158 valence electrons. The number of benzene rings is 1. The van der Waals surface area contributed by atoms with Gasteiger partial charge in [-0.3, -0.25) is 9.80 Å². The Labute approximate surface area is 177 Å². The number of ether oxygens (including phenoxy) is 1. The van der Waals surface area contributed by atoms with Gasteiger partial charge in [-0.1, -0.05) is 23.7 Å². The Morgan fingerprint density at radius 3 is 2.59 bits per heavy atom. The molecule has 1 aromatic rings. The van der Waals surface area contributed by atoms with Gasteiger partial charge in [0.15, 0.2) is 0 Å². The molecule has 1 fully saturated rings. The van der Waals surface area contributed by atoms with Gasteiger partial charge in [0.25, 0.3) is 0 Å². The van der Waals surface area contributed by atoms with Crippen LogP contribution in [-0.2, 0) is 9.53 Å². The summed E-state index contributed by atoms with van der Waals surface area (Å²) in [4.78, 5) is 32.1. The Hall–Kier alpha value is -2.09. The Bertz CT molecular complexity index is 790. The van der Waals surface area contributed by atoms with Crippen LogP contribution in [0, 0.1) is 0 Å². The van der Waals surface area contributed by atoms with Crippen LogP contribution in [0.15, 0.2) is 35.5 Å². The van der Waals surface area contributed by atoms with Crippen molar-refractivity contribution in [2.24, 2.45) is 0 Å². The number of rotatable bonds is 6. The number of halogens is 1. The van der Waals surface area contributed by atoms with Gasteiger partial charge in [-0.2, -0.15) is 0 Å². The van der Waals surface area contributed by atoms with Gasteiger partial charge in [-0.05, 0) is 38.6 Å². The molecule has 2 aliphatic rings. The minimum Gasteiger partial charge on any atom is -0.463 e. The van der Waals surface area contributed by atoms with E-state index in [0.717, 1.165) is 31.7 Å². The number of hydrogen-bond acceptors (Lipinski definition) is 5. The summed E-state index contributed by atoms with van der Waals surface area (Å²) in [5, 5.41) is 3.52. The van der Waals surface area contributed by atoms with E-state index in [-0.39, 0.29) is 12.6 Å². The first kappa shape index (κ1) is 21.6. The molecule has 1 saturated heterocycles. The second-order valence-electron chi connectivity index (χ2n) is 7.34. The van der Waals surface area contributed by atoms with Crippen molar-refractivity contribution in [1.29, 1.82) is 0 Å². The number of nitrogens with one attached hydrogen (secondary N) is 1. The van der Waals surface area contributed by atoms with Gasteiger partial charge in [0, 0.05) is 50.0 Å². The molecule has 29 heavy (non-hydrogen) atoms. The molecule has 3 rings (SSSR count). The van der Waals surface area contributed by atoms with Crippen molar-refractivity contribution in [3.63, 3.8) is 0 Å². The zero-order valence-electron chi connectivity index (χ0n) is 17.3. The van der Waals surface area contributed by atoms with E-state index < -0.39 is 12.0 Å². The van der Waals surface area contributed by atoms with E-state index in [1.807, 2.05) is 19.1 Å². The van der Waals surface area contributed by atoms with E-state index in [4.69, 9.17) is 16.3 Å². The van der Waals surface area contributed by atoms with E-state index in [1.54, 1.807) is 24.0 Å². The topological polar surface area (TPSA) is 65.1 Å². The molecular formula is C21H29ClN4O3. The molecule has 0 bridgehead atoms. The average Bonchev–Trinajstić information content (AvgIpc) is 2.69. The number of piperazine rings is 1. The van der Waals surface area contributed by atoms with Gasteiger partial charge in [-0.25, -0.2) is 9.59 Å². The van der Waals surface area contributed by atoms with Gasteiger partial charge < -0.3 is 15.0 Å². The average molecular weight is 421 g/mol. The molecule has 1 atom stereocenters.